The Bertz CT molecular complexity index is 1530. The molecule has 3 unspecified atom stereocenters. The molecule has 4 amide bonds. The van der Waals surface area contributed by atoms with E-state index in [2.05, 4.69) is 16.0 Å². The Labute approximate surface area is 313 Å². The van der Waals surface area contributed by atoms with E-state index in [0.717, 1.165) is 16.7 Å². The van der Waals surface area contributed by atoms with Gasteiger partial charge in [0.2, 0.25) is 17.7 Å². The van der Waals surface area contributed by atoms with Crippen molar-refractivity contribution in [3.63, 3.8) is 0 Å². The van der Waals surface area contributed by atoms with Crippen LogP contribution < -0.4 is 20.7 Å². The highest BCUT2D eigenvalue weighted by Crippen LogP contribution is 2.20. The van der Waals surface area contributed by atoms with E-state index in [-0.39, 0.29) is 31.6 Å². The van der Waals surface area contributed by atoms with Crippen LogP contribution >= 0.6 is 0 Å². The van der Waals surface area contributed by atoms with Crippen LogP contribution in [0.2, 0.25) is 0 Å². The smallest absolute Gasteiger partial charge is 0.410 e. The zero-order chi connectivity index (χ0) is 39.2. The molecule has 53 heavy (non-hydrogen) atoms. The number of nitrogens with zero attached hydrogens (tertiary/aromatic N) is 1. The van der Waals surface area contributed by atoms with Crippen molar-refractivity contribution in [2.24, 2.45) is 0 Å². The Balaban J connectivity index is 1.62. The number of aryl methyl sites for hydroxylation is 2. The van der Waals surface area contributed by atoms with Gasteiger partial charge in [0.15, 0.2) is 0 Å². The number of hydrogen-bond acceptors (Lipinski definition) is 9. The first-order chi connectivity index (χ1) is 24.9. The van der Waals surface area contributed by atoms with Gasteiger partial charge in [0.25, 0.3) is 0 Å². The Morgan fingerprint density at radius 1 is 0.887 bits per heavy atom. The molecule has 0 spiro atoms. The lowest BCUT2D eigenvalue weighted by Gasteiger charge is -2.34. The molecular formula is C40H58N4O9. The predicted octanol–water partition coefficient (Wildman–Crippen LogP) is 4.76. The Morgan fingerprint density at radius 2 is 1.57 bits per heavy atom. The molecule has 1 aliphatic rings. The van der Waals surface area contributed by atoms with Gasteiger partial charge in [-0.2, -0.15) is 0 Å². The molecule has 292 valence electrons. The Morgan fingerprint density at radius 3 is 2.23 bits per heavy atom. The maximum absolute atomic E-state index is 13.7. The van der Waals surface area contributed by atoms with Crippen LogP contribution in [0.15, 0.2) is 48.5 Å². The van der Waals surface area contributed by atoms with Gasteiger partial charge >= 0.3 is 12.1 Å². The summed E-state index contributed by atoms with van der Waals surface area (Å²) in [4.78, 5) is 65.7. The summed E-state index contributed by atoms with van der Waals surface area (Å²) < 4.78 is 22.8. The van der Waals surface area contributed by atoms with E-state index >= 15 is 0 Å². The minimum Gasteiger partial charge on any atom is -0.493 e. The van der Waals surface area contributed by atoms with Crippen molar-refractivity contribution < 1.29 is 42.9 Å². The second-order valence-electron chi connectivity index (χ2n) is 15.3. The monoisotopic (exact) mass is 738 g/mol. The maximum atomic E-state index is 13.7. The summed E-state index contributed by atoms with van der Waals surface area (Å²) >= 11 is 0. The third kappa shape index (κ3) is 16.3. The summed E-state index contributed by atoms with van der Waals surface area (Å²) in [5, 5.41) is 8.39. The molecule has 1 aliphatic heterocycles. The molecule has 2 aromatic carbocycles. The van der Waals surface area contributed by atoms with Gasteiger partial charge in [-0.3, -0.25) is 19.2 Å². The lowest BCUT2D eigenvalue weighted by Crippen LogP contribution is -2.53. The van der Waals surface area contributed by atoms with E-state index in [1.807, 2.05) is 76.2 Å². The second kappa shape index (κ2) is 20.0. The number of carbonyl (C=O) groups excluding carboxylic acids is 5. The zero-order valence-corrected chi connectivity index (χ0v) is 32.5. The number of esters is 1. The number of morpholine rings is 1. The normalized spacial score (nSPS) is 15.8. The number of rotatable bonds is 16. The van der Waals surface area contributed by atoms with Gasteiger partial charge in [-0.15, -0.1) is 0 Å². The summed E-state index contributed by atoms with van der Waals surface area (Å²) in [7, 11) is 0. The van der Waals surface area contributed by atoms with E-state index in [4.69, 9.17) is 18.9 Å². The number of benzene rings is 2. The average Bonchev–Trinajstić information content (AvgIpc) is 3.07. The van der Waals surface area contributed by atoms with Gasteiger partial charge in [0, 0.05) is 32.9 Å². The SMILES string of the molecule is CC(=O)NC(CCC(=O)OC(C)(C)C)C(=O)NC(CCc1ccccc1)C(=O)NCc1cc(OCCC2CN(C(=O)OC(C)(C)C)CCO2)ccc1C. The summed E-state index contributed by atoms with van der Waals surface area (Å²) in [6, 6.07) is 13.3. The largest absolute Gasteiger partial charge is 0.493 e. The first-order valence-corrected chi connectivity index (χ1v) is 18.3. The fraction of sp³-hybridized carbons (Fsp3) is 0.575. The molecule has 1 saturated heterocycles. The molecule has 2 aromatic rings. The van der Waals surface area contributed by atoms with Crippen LogP contribution in [0.1, 0.15) is 90.8 Å². The highest BCUT2D eigenvalue weighted by Gasteiger charge is 2.29. The Kier molecular flexibility index (Phi) is 16.1. The topological polar surface area (TPSA) is 162 Å². The molecule has 0 aliphatic carbocycles. The van der Waals surface area contributed by atoms with Crippen molar-refractivity contribution in [1.82, 2.24) is 20.9 Å². The van der Waals surface area contributed by atoms with E-state index < -0.39 is 47.0 Å². The number of nitrogens with one attached hydrogen (secondary N) is 3. The lowest BCUT2D eigenvalue weighted by atomic mass is 10.0. The van der Waals surface area contributed by atoms with Crippen molar-refractivity contribution in [1.29, 1.82) is 0 Å². The zero-order valence-electron chi connectivity index (χ0n) is 32.5. The van der Waals surface area contributed by atoms with Gasteiger partial charge in [-0.25, -0.2) is 4.79 Å². The summed E-state index contributed by atoms with van der Waals surface area (Å²) in [5.74, 6) is -1.27. The van der Waals surface area contributed by atoms with Crippen molar-refractivity contribution in [2.45, 2.75) is 123 Å². The van der Waals surface area contributed by atoms with Gasteiger partial charge in [-0.1, -0.05) is 36.4 Å². The van der Waals surface area contributed by atoms with Crippen LogP contribution in [0.3, 0.4) is 0 Å². The molecule has 0 aromatic heterocycles. The van der Waals surface area contributed by atoms with Crippen LogP contribution in [-0.2, 0) is 46.4 Å². The minimum atomic E-state index is -1.04. The first-order valence-electron chi connectivity index (χ1n) is 18.3. The summed E-state index contributed by atoms with van der Waals surface area (Å²) in [6.45, 7) is 15.8. The molecule has 13 nitrogen and oxygen atoms in total. The number of ether oxygens (including phenoxy) is 4. The minimum absolute atomic E-state index is 0.00814. The fourth-order valence-corrected chi connectivity index (χ4v) is 5.59. The van der Waals surface area contributed by atoms with Gasteiger partial charge in [-0.05, 0) is 96.6 Å². The number of hydrogen-bond donors (Lipinski definition) is 3. The van der Waals surface area contributed by atoms with Gasteiger partial charge < -0.3 is 39.8 Å². The third-order valence-corrected chi connectivity index (χ3v) is 8.22. The fourth-order valence-electron chi connectivity index (χ4n) is 5.59. The van der Waals surface area contributed by atoms with E-state index in [9.17, 15) is 24.0 Å². The third-order valence-electron chi connectivity index (χ3n) is 8.22. The summed E-state index contributed by atoms with van der Waals surface area (Å²) in [6.07, 6.45) is 0.761. The molecular weight excluding hydrogens is 680 g/mol. The van der Waals surface area contributed by atoms with Crippen molar-refractivity contribution >= 4 is 29.8 Å². The van der Waals surface area contributed by atoms with Crippen LogP contribution in [0.25, 0.3) is 0 Å². The lowest BCUT2D eigenvalue weighted by molar-refractivity contribution is -0.155. The van der Waals surface area contributed by atoms with Gasteiger partial charge in [0.05, 0.1) is 25.9 Å². The summed E-state index contributed by atoms with van der Waals surface area (Å²) in [5.41, 5.74) is 1.51. The van der Waals surface area contributed by atoms with E-state index in [1.165, 1.54) is 6.92 Å². The molecule has 0 radical (unpaired) electrons. The predicted molar refractivity (Wildman–Crippen MR) is 200 cm³/mol. The van der Waals surface area contributed by atoms with Gasteiger partial charge in [0.1, 0.15) is 29.0 Å². The molecule has 3 rings (SSSR count). The standard InChI is InChI=1S/C40H58N4O9/c1-27-14-16-31(50-22-20-32-26-44(21-23-51-32)38(49)53-40(6,7)8)24-30(27)25-41-36(47)33(17-15-29-12-10-9-11-13-29)43-37(48)34(42-28(2)45)18-19-35(46)52-39(3,4)5/h9-14,16,24,32-34H,15,17-23,25-26H2,1-8H3,(H,41,47)(H,42,45)(H,43,48). The van der Waals surface area contributed by atoms with Crippen molar-refractivity contribution in [3.8, 4) is 5.75 Å². The van der Waals surface area contributed by atoms with Crippen LogP contribution in [0, 0.1) is 6.92 Å². The van der Waals surface area contributed by atoms with E-state index in [1.54, 1.807) is 25.7 Å². The highest BCUT2D eigenvalue weighted by molar-refractivity contribution is 5.92. The molecule has 1 fully saturated rings. The molecule has 3 atom stereocenters. The maximum Gasteiger partial charge on any atom is 0.410 e. The second-order valence-corrected chi connectivity index (χ2v) is 15.3. The molecule has 1 heterocycles. The molecule has 0 saturated carbocycles. The first kappa shape index (κ1) is 42.8. The molecule has 13 heteroatoms. The van der Waals surface area contributed by atoms with Crippen LogP contribution in [0.5, 0.6) is 5.75 Å². The number of carbonyl (C=O) groups is 5. The Hall–Kier alpha value is -4.65. The molecule has 3 N–H and O–H groups in total. The van der Waals surface area contributed by atoms with Crippen LogP contribution in [-0.4, -0.2) is 90.4 Å². The quantitative estimate of drug-likeness (QED) is 0.206. The number of amides is 4. The van der Waals surface area contributed by atoms with Crippen molar-refractivity contribution in [3.05, 3.63) is 65.2 Å². The highest BCUT2D eigenvalue weighted by atomic mass is 16.6. The van der Waals surface area contributed by atoms with E-state index in [0.29, 0.717) is 51.3 Å². The van der Waals surface area contributed by atoms with Crippen LogP contribution in [0.4, 0.5) is 4.79 Å². The van der Waals surface area contributed by atoms with Crippen molar-refractivity contribution in [2.75, 3.05) is 26.3 Å². The average molecular weight is 739 g/mol. The molecule has 0 bridgehead atoms.